The first kappa shape index (κ1) is 23.1. The summed E-state index contributed by atoms with van der Waals surface area (Å²) in [5.74, 6) is 0.123. The number of aryl methyl sites for hydroxylation is 1. The first-order chi connectivity index (χ1) is 16.6. The van der Waals surface area contributed by atoms with Gasteiger partial charge in [0.2, 0.25) is 5.91 Å². The van der Waals surface area contributed by atoms with Crippen LogP contribution in [0.4, 0.5) is 0 Å². The molecule has 6 heteroatoms. The average Bonchev–Trinajstić information content (AvgIpc) is 3.29. The highest BCUT2D eigenvalue weighted by Crippen LogP contribution is 2.20. The van der Waals surface area contributed by atoms with E-state index in [0.29, 0.717) is 12.8 Å². The molecule has 174 valence electrons. The molecule has 1 atom stereocenters. The fraction of sp³-hybridized carbons (Fsp3) is 0.214. The van der Waals surface area contributed by atoms with Gasteiger partial charge in [0, 0.05) is 29.9 Å². The molecule has 0 bridgehead atoms. The molecule has 0 unspecified atom stereocenters. The molecule has 1 aromatic heterocycles. The van der Waals surface area contributed by atoms with Crippen LogP contribution in [-0.4, -0.2) is 30.0 Å². The number of nitrogens with one attached hydrogen (secondary N) is 2. The third-order valence-corrected chi connectivity index (χ3v) is 5.74. The number of esters is 1. The molecule has 3 aromatic carbocycles. The van der Waals surface area contributed by atoms with Gasteiger partial charge in [-0.3, -0.25) is 4.79 Å². The van der Waals surface area contributed by atoms with E-state index >= 15 is 0 Å². The summed E-state index contributed by atoms with van der Waals surface area (Å²) in [5.41, 5.74) is 3.86. The van der Waals surface area contributed by atoms with Gasteiger partial charge in [0.1, 0.15) is 18.4 Å². The van der Waals surface area contributed by atoms with Crippen LogP contribution in [0.3, 0.4) is 0 Å². The maximum Gasteiger partial charge on any atom is 0.329 e. The lowest BCUT2D eigenvalue weighted by molar-refractivity contribution is -0.149. The summed E-state index contributed by atoms with van der Waals surface area (Å²) < 4.78 is 10.7. The van der Waals surface area contributed by atoms with Crippen LogP contribution in [0.5, 0.6) is 5.75 Å². The van der Waals surface area contributed by atoms with E-state index in [4.69, 9.17) is 9.47 Å². The molecule has 0 saturated heterocycles. The average molecular weight is 457 g/mol. The van der Waals surface area contributed by atoms with Crippen LogP contribution < -0.4 is 10.1 Å². The number of benzene rings is 3. The van der Waals surface area contributed by atoms with Crippen molar-refractivity contribution in [2.24, 2.45) is 0 Å². The number of aromatic amines is 1. The normalized spacial score (nSPS) is 11.7. The Bertz CT molecular complexity index is 1230. The Hall–Kier alpha value is -4.06. The number of hydrogen-bond donors (Lipinski definition) is 2. The van der Waals surface area contributed by atoms with Crippen LogP contribution in [0.25, 0.3) is 10.9 Å². The maximum atomic E-state index is 13.0. The second-order valence-electron chi connectivity index (χ2n) is 8.13. The molecule has 6 nitrogen and oxygen atoms in total. The quantitative estimate of drug-likeness (QED) is 0.342. The van der Waals surface area contributed by atoms with Crippen LogP contribution in [0, 0.1) is 0 Å². The van der Waals surface area contributed by atoms with Gasteiger partial charge in [0.15, 0.2) is 0 Å². The largest absolute Gasteiger partial charge is 0.497 e. The Labute approximate surface area is 198 Å². The number of ether oxygens (including phenoxy) is 2. The van der Waals surface area contributed by atoms with Crippen LogP contribution in [0.15, 0.2) is 85.1 Å². The minimum absolute atomic E-state index is 0.159. The predicted octanol–water partition coefficient (Wildman–Crippen LogP) is 4.58. The number of carbonyl (C=O) groups is 2. The van der Waals surface area contributed by atoms with Gasteiger partial charge in [-0.15, -0.1) is 0 Å². The maximum absolute atomic E-state index is 13.0. The van der Waals surface area contributed by atoms with Crippen LogP contribution >= 0.6 is 0 Å². The topological polar surface area (TPSA) is 80.4 Å². The van der Waals surface area contributed by atoms with Crippen molar-refractivity contribution in [2.45, 2.75) is 31.9 Å². The van der Waals surface area contributed by atoms with Crippen molar-refractivity contribution >= 4 is 22.8 Å². The third-order valence-electron chi connectivity index (χ3n) is 5.74. The minimum Gasteiger partial charge on any atom is -0.497 e. The Balaban J connectivity index is 1.43. The summed E-state index contributed by atoms with van der Waals surface area (Å²) in [4.78, 5) is 29.0. The molecule has 0 spiro atoms. The molecule has 2 N–H and O–H groups in total. The van der Waals surface area contributed by atoms with Gasteiger partial charge in [0.05, 0.1) is 7.11 Å². The molecule has 1 amide bonds. The van der Waals surface area contributed by atoms with Crippen molar-refractivity contribution < 1.29 is 19.1 Å². The third kappa shape index (κ3) is 6.04. The van der Waals surface area contributed by atoms with Crippen molar-refractivity contribution in [3.63, 3.8) is 0 Å². The van der Waals surface area contributed by atoms with Gasteiger partial charge in [-0.05, 0) is 41.3 Å². The summed E-state index contributed by atoms with van der Waals surface area (Å²) in [6.07, 6.45) is 3.05. The molecule has 34 heavy (non-hydrogen) atoms. The number of para-hydroxylation sites is 1. The van der Waals surface area contributed by atoms with Crippen molar-refractivity contribution in [2.75, 3.05) is 7.11 Å². The zero-order valence-corrected chi connectivity index (χ0v) is 19.1. The van der Waals surface area contributed by atoms with Crippen molar-refractivity contribution in [1.82, 2.24) is 10.3 Å². The molecular formula is C28H28N2O4. The minimum atomic E-state index is -0.786. The second kappa shape index (κ2) is 11.2. The lowest BCUT2D eigenvalue weighted by Gasteiger charge is -2.18. The first-order valence-electron chi connectivity index (χ1n) is 11.3. The summed E-state index contributed by atoms with van der Waals surface area (Å²) >= 11 is 0. The highest BCUT2D eigenvalue weighted by molar-refractivity contribution is 5.87. The van der Waals surface area contributed by atoms with Gasteiger partial charge >= 0.3 is 5.97 Å². The van der Waals surface area contributed by atoms with Crippen LogP contribution in [-0.2, 0) is 33.8 Å². The van der Waals surface area contributed by atoms with E-state index in [-0.39, 0.29) is 18.9 Å². The summed E-state index contributed by atoms with van der Waals surface area (Å²) in [7, 11) is 1.62. The standard InChI is InChI=1S/C28H28N2O4/c1-33-23-14-11-20(12-15-23)13-16-27(31)30-26(28(32)34-19-21-7-3-2-4-8-21)17-22-18-29-25-10-6-5-9-24(22)25/h2-12,14-15,18,26,29H,13,16-17,19H2,1H3,(H,30,31)/t26-/m0/s1. The highest BCUT2D eigenvalue weighted by atomic mass is 16.5. The van der Waals surface area contributed by atoms with E-state index in [1.54, 1.807) is 7.11 Å². The summed E-state index contributed by atoms with van der Waals surface area (Å²) in [5, 5.41) is 3.92. The molecule has 0 saturated carbocycles. The van der Waals surface area contributed by atoms with Gasteiger partial charge < -0.3 is 19.8 Å². The van der Waals surface area contributed by atoms with Gasteiger partial charge in [-0.2, -0.15) is 0 Å². The number of rotatable bonds is 10. The van der Waals surface area contributed by atoms with Crippen LogP contribution in [0.1, 0.15) is 23.1 Å². The zero-order chi connectivity index (χ0) is 23.8. The molecule has 4 rings (SSSR count). The summed E-state index contributed by atoms with van der Waals surface area (Å²) in [6.45, 7) is 0.159. The lowest BCUT2D eigenvalue weighted by Crippen LogP contribution is -2.43. The molecule has 0 radical (unpaired) electrons. The van der Waals surface area contributed by atoms with Crippen LogP contribution in [0.2, 0.25) is 0 Å². The smallest absolute Gasteiger partial charge is 0.329 e. The number of aromatic nitrogens is 1. The fourth-order valence-electron chi connectivity index (χ4n) is 3.86. The number of methoxy groups -OCH3 is 1. The summed E-state index contributed by atoms with van der Waals surface area (Å²) in [6, 6.07) is 24.2. The SMILES string of the molecule is COc1ccc(CCC(=O)N[C@@H](Cc2c[nH]c3ccccc23)C(=O)OCc2ccccc2)cc1. The molecule has 0 aliphatic carbocycles. The number of hydrogen-bond acceptors (Lipinski definition) is 4. The van der Waals surface area contributed by atoms with E-state index in [1.807, 2.05) is 85.1 Å². The first-order valence-corrected chi connectivity index (χ1v) is 11.3. The van der Waals surface area contributed by atoms with Gasteiger partial charge in [-0.25, -0.2) is 4.79 Å². The molecule has 0 fully saturated rings. The zero-order valence-electron chi connectivity index (χ0n) is 19.1. The van der Waals surface area contributed by atoms with E-state index in [9.17, 15) is 9.59 Å². The van der Waals surface area contributed by atoms with Gasteiger partial charge in [-0.1, -0.05) is 60.7 Å². The van der Waals surface area contributed by atoms with Gasteiger partial charge in [0.25, 0.3) is 0 Å². The molecule has 4 aromatic rings. The van der Waals surface area contributed by atoms with Crippen molar-refractivity contribution in [1.29, 1.82) is 0 Å². The number of fused-ring (bicyclic) bond motifs is 1. The van der Waals surface area contributed by atoms with E-state index in [0.717, 1.165) is 33.3 Å². The van der Waals surface area contributed by atoms with E-state index < -0.39 is 12.0 Å². The lowest BCUT2D eigenvalue weighted by atomic mass is 10.0. The van der Waals surface area contributed by atoms with E-state index in [1.165, 1.54) is 0 Å². The predicted molar refractivity (Wildman–Crippen MR) is 131 cm³/mol. The number of H-pyrrole nitrogens is 1. The number of carbonyl (C=O) groups excluding carboxylic acids is 2. The monoisotopic (exact) mass is 456 g/mol. The van der Waals surface area contributed by atoms with E-state index in [2.05, 4.69) is 10.3 Å². The highest BCUT2D eigenvalue weighted by Gasteiger charge is 2.24. The molecule has 0 aliphatic heterocycles. The number of amides is 1. The molecular weight excluding hydrogens is 428 g/mol. The molecule has 0 aliphatic rings. The second-order valence-corrected chi connectivity index (χ2v) is 8.13. The fourth-order valence-corrected chi connectivity index (χ4v) is 3.86. The Morgan fingerprint density at radius 2 is 1.65 bits per heavy atom. The van der Waals surface area contributed by atoms with Crippen molar-refractivity contribution in [3.05, 3.63) is 102 Å². The Morgan fingerprint density at radius 1 is 0.912 bits per heavy atom. The van der Waals surface area contributed by atoms with Crippen molar-refractivity contribution in [3.8, 4) is 5.75 Å². The molecule has 1 heterocycles. The Kier molecular flexibility index (Phi) is 7.60. The Morgan fingerprint density at radius 3 is 2.41 bits per heavy atom.